The van der Waals surface area contributed by atoms with Gasteiger partial charge in [0.25, 0.3) is 5.91 Å². The fourth-order valence-corrected chi connectivity index (χ4v) is 8.62. The van der Waals surface area contributed by atoms with Crippen molar-refractivity contribution in [2.24, 2.45) is 23.3 Å². The number of benzene rings is 4. The Hall–Kier alpha value is -7.19. The summed E-state index contributed by atoms with van der Waals surface area (Å²) in [6, 6.07) is 14.1. The third kappa shape index (κ3) is 14.2. The summed E-state index contributed by atoms with van der Waals surface area (Å²) in [6.45, 7) is 3.04. The predicted octanol–water partition coefficient (Wildman–Crippen LogP) is 5.11. The number of carboxylic acids is 1. The van der Waals surface area contributed by atoms with Crippen LogP contribution in [0.5, 0.6) is 5.75 Å². The molecule has 72 heavy (non-hydrogen) atoms. The van der Waals surface area contributed by atoms with Gasteiger partial charge in [0.05, 0.1) is 11.6 Å². The molecule has 0 fully saturated rings. The Balaban J connectivity index is 1.17. The van der Waals surface area contributed by atoms with Gasteiger partial charge in [0, 0.05) is 71.0 Å². The molecule has 11 N–H and O–H groups in total. The summed E-state index contributed by atoms with van der Waals surface area (Å²) in [7, 11) is -5.83. The Morgan fingerprint density at radius 2 is 1.46 bits per heavy atom. The first-order valence-corrected chi connectivity index (χ1v) is 24.5. The van der Waals surface area contributed by atoms with Crippen molar-refractivity contribution in [3.05, 3.63) is 111 Å². The molecule has 3 aromatic carbocycles. The van der Waals surface area contributed by atoms with Gasteiger partial charge in [-0.3, -0.25) is 33.3 Å². The maximum atomic E-state index is 14.2. The van der Waals surface area contributed by atoms with Crippen LogP contribution in [0.15, 0.2) is 88.1 Å². The minimum atomic E-state index is -5.83. The third-order valence-electron chi connectivity index (χ3n) is 12.0. The van der Waals surface area contributed by atoms with Gasteiger partial charge in [-0.1, -0.05) is 37.3 Å². The maximum absolute atomic E-state index is 14.2. The number of carboxylic acid groups (broad SMARTS) is 1. The summed E-state index contributed by atoms with van der Waals surface area (Å²) in [5, 5.41) is 28.7. The number of carbonyl (C=O) groups is 7. The van der Waals surface area contributed by atoms with Crippen LogP contribution in [0.2, 0.25) is 0 Å². The number of aromatic hydroxyl groups is 1. The van der Waals surface area contributed by atoms with Crippen molar-refractivity contribution < 1.29 is 71.3 Å². The first kappa shape index (κ1) is 55.7. The molecule has 0 bridgehead atoms. The molecule has 22 heteroatoms. The quantitative estimate of drug-likeness (QED) is 0.0197. The average Bonchev–Trinajstić information content (AvgIpc) is 3.31. The number of carbonyl (C=O) groups excluding carboxylic acids is 6. The minimum Gasteiger partial charge on any atom is -0.508 e. The molecule has 3 aromatic rings. The summed E-state index contributed by atoms with van der Waals surface area (Å²) in [6.07, 6.45) is 0.827. The third-order valence-corrected chi connectivity index (χ3v) is 13.0. The van der Waals surface area contributed by atoms with E-state index in [1.54, 1.807) is 6.07 Å². The lowest BCUT2D eigenvalue weighted by molar-refractivity contribution is -0.134. The fraction of sp³-hybridized carbons (Fsp3) is 0.360. The molecule has 2 aliphatic rings. The molecule has 1 aliphatic heterocycles. The van der Waals surface area contributed by atoms with E-state index in [1.165, 1.54) is 62.4 Å². The van der Waals surface area contributed by atoms with Gasteiger partial charge in [0.15, 0.2) is 11.2 Å². The molecule has 0 saturated heterocycles. The standard InChI is InChI=1S/C50H56F2N5O14P/c1-27(21-41(61)39(7-3-5-19-53)56-48(65)31(22-28(2)58)23-29-9-12-32(13-10-29)50(51,52)72(68,69)70)46(63)57-40(45(54)62)8-4-6-20-55-47(64)30-11-16-35(38(24-30)49(66)67)44-36-17-14-33(59)25-42(36)71-43-26-34(60)15-18-37(43)44/h9-18,24-27,31,39-40,59H,3-8,19-23,53H2,1-2H3,(H2,54,62)(H,55,64)(H,56,65)(H,57,63)(H,66,67)(H2,68,69,70). The molecule has 0 aromatic heterocycles. The second-order valence-electron chi connectivity index (χ2n) is 17.6. The number of aromatic carboxylic acids is 1. The number of halogens is 2. The molecule has 4 amide bonds. The monoisotopic (exact) mass is 1020 g/mol. The second-order valence-corrected chi connectivity index (χ2v) is 19.3. The Morgan fingerprint density at radius 3 is 2.10 bits per heavy atom. The lowest BCUT2D eigenvalue weighted by atomic mass is 9.90. The zero-order chi connectivity index (χ0) is 53.1. The van der Waals surface area contributed by atoms with Crippen LogP contribution in [-0.4, -0.2) is 86.3 Å². The molecule has 5 rings (SSSR count). The van der Waals surface area contributed by atoms with Crippen LogP contribution in [0, 0.1) is 11.8 Å². The average molecular weight is 1020 g/mol. The lowest BCUT2D eigenvalue weighted by Gasteiger charge is -2.24. The SMILES string of the molecule is CC(=O)CC(Cc1ccc(C(F)(F)P(=O)(O)O)cc1)C(=O)NC(CCCCN)C(=O)CC(C)C(=O)NC(CCCCNC(=O)c1ccc(-c2c3ccc(=O)cc-3oc3cc(O)ccc23)c(C(=O)O)c1)C(N)=O. The number of phenolic OH excluding ortho intramolecular Hbond substituents is 1. The number of unbranched alkanes of at least 4 members (excludes halogenated alkanes) is 2. The molecule has 0 spiro atoms. The zero-order valence-corrected chi connectivity index (χ0v) is 40.2. The topological polar surface area (TPSA) is 336 Å². The molecule has 4 atom stereocenters. The summed E-state index contributed by atoms with van der Waals surface area (Å²) in [5.41, 5.74) is 6.84. The number of amides is 4. The number of hydrogen-bond donors (Lipinski definition) is 9. The van der Waals surface area contributed by atoms with E-state index in [1.807, 2.05) is 0 Å². The normalized spacial score (nSPS) is 13.4. The van der Waals surface area contributed by atoms with E-state index in [9.17, 15) is 61.9 Å². The first-order chi connectivity index (χ1) is 33.9. The smallest absolute Gasteiger partial charge is 0.399 e. The van der Waals surface area contributed by atoms with E-state index in [2.05, 4.69) is 16.0 Å². The summed E-state index contributed by atoms with van der Waals surface area (Å²) in [4.78, 5) is 121. The van der Waals surface area contributed by atoms with Crippen molar-refractivity contribution in [3.8, 4) is 28.2 Å². The van der Waals surface area contributed by atoms with Crippen molar-refractivity contribution >= 4 is 59.7 Å². The highest BCUT2D eigenvalue weighted by atomic mass is 31.2. The van der Waals surface area contributed by atoms with Crippen LogP contribution >= 0.6 is 7.60 Å². The highest BCUT2D eigenvalue weighted by molar-refractivity contribution is 7.52. The molecule has 1 aliphatic carbocycles. The van der Waals surface area contributed by atoms with Crippen LogP contribution in [0.3, 0.4) is 0 Å². The Morgan fingerprint density at radius 1 is 0.806 bits per heavy atom. The minimum absolute atomic E-state index is 0.0233. The predicted molar refractivity (Wildman–Crippen MR) is 259 cm³/mol. The summed E-state index contributed by atoms with van der Waals surface area (Å²) >= 11 is 0. The van der Waals surface area contributed by atoms with Crippen molar-refractivity contribution in [2.45, 2.75) is 89.4 Å². The van der Waals surface area contributed by atoms with Gasteiger partial charge in [-0.05, 0) is 106 Å². The molecular weight excluding hydrogens is 964 g/mol. The number of alkyl halides is 2. The first-order valence-electron chi connectivity index (χ1n) is 22.9. The van der Waals surface area contributed by atoms with E-state index in [4.69, 9.17) is 25.7 Å². The molecular formula is C50H56F2N5O14P. The number of hydrogen-bond acceptors (Lipinski definition) is 12. The van der Waals surface area contributed by atoms with Gasteiger partial charge in [0.1, 0.15) is 28.9 Å². The number of rotatable bonds is 26. The molecule has 0 saturated carbocycles. The van der Waals surface area contributed by atoms with Gasteiger partial charge >= 0.3 is 19.2 Å². The van der Waals surface area contributed by atoms with Gasteiger partial charge in [0.2, 0.25) is 17.7 Å². The van der Waals surface area contributed by atoms with E-state index in [0.29, 0.717) is 41.3 Å². The number of Topliss-reactive ketones (excluding diaryl/α,β-unsaturated/α-hetero) is 2. The van der Waals surface area contributed by atoms with Crippen molar-refractivity contribution in [1.29, 1.82) is 0 Å². The Labute approximate surface area is 411 Å². The van der Waals surface area contributed by atoms with Crippen molar-refractivity contribution in [3.63, 3.8) is 0 Å². The van der Waals surface area contributed by atoms with E-state index < -0.39 is 78.1 Å². The van der Waals surface area contributed by atoms with Crippen LogP contribution in [0.4, 0.5) is 8.78 Å². The number of nitrogens with two attached hydrogens (primary N) is 2. The van der Waals surface area contributed by atoms with Crippen LogP contribution in [0.1, 0.15) is 97.1 Å². The molecule has 0 radical (unpaired) electrons. The number of fused-ring (bicyclic) bond motifs is 2. The number of nitrogens with one attached hydrogen (secondary N) is 3. The lowest BCUT2D eigenvalue weighted by Crippen LogP contribution is -2.48. The second kappa shape index (κ2) is 24.3. The van der Waals surface area contributed by atoms with Gasteiger partial charge < -0.3 is 56.6 Å². The molecule has 19 nitrogen and oxygen atoms in total. The zero-order valence-electron chi connectivity index (χ0n) is 39.3. The largest absolute Gasteiger partial charge is 0.508 e. The van der Waals surface area contributed by atoms with Gasteiger partial charge in [-0.15, -0.1) is 0 Å². The summed E-state index contributed by atoms with van der Waals surface area (Å²) in [5.74, 6) is -7.18. The number of phenols is 1. The van der Waals surface area contributed by atoms with Gasteiger partial charge in [-0.2, -0.15) is 8.78 Å². The summed E-state index contributed by atoms with van der Waals surface area (Å²) < 4.78 is 45.6. The highest BCUT2D eigenvalue weighted by Gasteiger charge is 2.50. The Kier molecular flexibility index (Phi) is 18.8. The van der Waals surface area contributed by atoms with E-state index in [0.717, 1.165) is 24.3 Å². The number of primary amides is 1. The van der Waals surface area contributed by atoms with Gasteiger partial charge in [-0.25, -0.2) is 4.79 Å². The highest BCUT2D eigenvalue weighted by Crippen LogP contribution is 2.59. The van der Waals surface area contributed by atoms with Crippen LogP contribution in [0.25, 0.3) is 33.4 Å². The molecule has 384 valence electrons. The van der Waals surface area contributed by atoms with Crippen LogP contribution < -0.4 is 32.8 Å². The van der Waals surface area contributed by atoms with Crippen LogP contribution in [-0.2, 0) is 40.6 Å². The van der Waals surface area contributed by atoms with E-state index in [-0.39, 0.29) is 96.6 Å². The molecule has 1 heterocycles. The molecule has 4 unspecified atom stereocenters. The fourth-order valence-electron chi connectivity index (χ4n) is 8.14. The Bertz CT molecular complexity index is 2920. The maximum Gasteiger partial charge on any atom is 0.399 e. The number of ketones is 2. The van der Waals surface area contributed by atoms with Crippen molar-refractivity contribution in [1.82, 2.24) is 16.0 Å². The van der Waals surface area contributed by atoms with Crippen molar-refractivity contribution in [2.75, 3.05) is 13.1 Å². The van der Waals surface area contributed by atoms with E-state index >= 15 is 0 Å².